The molecule has 0 aliphatic carbocycles. The molecule has 0 amide bonds. The van der Waals surface area contributed by atoms with E-state index in [2.05, 4.69) is 25.9 Å². The lowest BCUT2D eigenvalue weighted by Crippen LogP contribution is -1.94. The highest BCUT2D eigenvalue weighted by molar-refractivity contribution is 9.10. The minimum Gasteiger partial charge on any atom is -0.506 e. The fourth-order valence-corrected chi connectivity index (χ4v) is 4.25. The Bertz CT molecular complexity index is 1300. The zero-order chi connectivity index (χ0) is 21.6. The van der Waals surface area contributed by atoms with Crippen LogP contribution in [-0.4, -0.2) is 16.3 Å². The molecule has 0 radical (unpaired) electrons. The zero-order valence-electron chi connectivity index (χ0n) is 15.8. The average molecular weight is 525 g/mol. The molecule has 0 aliphatic rings. The molecular weight excluding hydrogens is 511 g/mol. The van der Waals surface area contributed by atoms with Gasteiger partial charge in [0.2, 0.25) is 5.89 Å². The summed E-state index contributed by atoms with van der Waals surface area (Å²) in [6.07, 6.45) is 1.58. The van der Waals surface area contributed by atoms with Crippen LogP contribution < -0.4 is 0 Å². The summed E-state index contributed by atoms with van der Waals surface area (Å²) in [4.78, 5) is 9.00. The van der Waals surface area contributed by atoms with Crippen LogP contribution in [0.2, 0.25) is 15.1 Å². The Morgan fingerprint density at radius 1 is 1.07 bits per heavy atom. The van der Waals surface area contributed by atoms with Gasteiger partial charge < -0.3 is 9.52 Å². The van der Waals surface area contributed by atoms with E-state index in [4.69, 9.17) is 39.2 Å². The van der Waals surface area contributed by atoms with Crippen molar-refractivity contribution in [2.75, 3.05) is 0 Å². The summed E-state index contributed by atoms with van der Waals surface area (Å²) in [5.41, 5.74) is 4.62. The molecule has 3 aromatic carbocycles. The van der Waals surface area contributed by atoms with Gasteiger partial charge in [-0.05, 0) is 77.3 Å². The van der Waals surface area contributed by atoms with E-state index in [1.165, 1.54) is 0 Å². The van der Waals surface area contributed by atoms with Gasteiger partial charge >= 0.3 is 0 Å². The van der Waals surface area contributed by atoms with Crippen LogP contribution in [0, 0.1) is 13.8 Å². The van der Waals surface area contributed by atoms with Gasteiger partial charge in [-0.15, -0.1) is 0 Å². The standard InChI is InChI=1S/C22H14BrCl3N2O2/c1-10-15(21(29)19(23)11(2)20(10)26)9-27-13-4-6-18-17(8-13)28-22(30-18)14-5-3-12(24)7-16(14)25/h3-9,29H,1-2H3. The number of halogens is 4. The Balaban J connectivity index is 1.72. The molecule has 0 fully saturated rings. The number of fused-ring (bicyclic) bond motifs is 1. The number of phenols is 1. The van der Waals surface area contributed by atoms with Crippen LogP contribution in [0.5, 0.6) is 5.75 Å². The molecule has 0 saturated carbocycles. The molecular formula is C22H14BrCl3N2O2. The van der Waals surface area contributed by atoms with E-state index in [-0.39, 0.29) is 5.75 Å². The normalized spacial score (nSPS) is 11.7. The molecule has 4 rings (SSSR count). The van der Waals surface area contributed by atoms with Crippen molar-refractivity contribution in [1.29, 1.82) is 0 Å². The van der Waals surface area contributed by atoms with E-state index < -0.39 is 0 Å². The number of aromatic hydroxyl groups is 1. The molecule has 0 atom stereocenters. The SMILES string of the molecule is Cc1c(Cl)c(C)c(C=Nc2ccc3oc(-c4ccc(Cl)cc4Cl)nc3c2)c(O)c1Br. The molecule has 0 spiro atoms. The van der Waals surface area contributed by atoms with E-state index in [1.54, 1.807) is 42.6 Å². The first-order valence-electron chi connectivity index (χ1n) is 8.83. The largest absolute Gasteiger partial charge is 0.506 e. The number of hydrogen-bond donors (Lipinski definition) is 1. The van der Waals surface area contributed by atoms with E-state index in [1.807, 2.05) is 13.8 Å². The lowest BCUT2D eigenvalue weighted by Gasteiger charge is -2.11. The maximum atomic E-state index is 10.5. The number of benzene rings is 3. The van der Waals surface area contributed by atoms with Crippen LogP contribution in [-0.2, 0) is 0 Å². The third kappa shape index (κ3) is 3.83. The summed E-state index contributed by atoms with van der Waals surface area (Å²) in [6, 6.07) is 10.5. The van der Waals surface area contributed by atoms with Gasteiger partial charge in [0.15, 0.2) is 5.58 Å². The number of hydrogen-bond acceptors (Lipinski definition) is 4. The number of nitrogens with zero attached hydrogens (tertiary/aromatic N) is 2. The molecule has 0 bridgehead atoms. The first kappa shape index (κ1) is 21.2. The van der Waals surface area contributed by atoms with Crippen molar-refractivity contribution < 1.29 is 9.52 Å². The Hall–Kier alpha value is -2.05. The van der Waals surface area contributed by atoms with E-state index >= 15 is 0 Å². The van der Waals surface area contributed by atoms with Gasteiger partial charge in [0, 0.05) is 21.8 Å². The van der Waals surface area contributed by atoms with Gasteiger partial charge in [0.25, 0.3) is 0 Å². The van der Waals surface area contributed by atoms with Crippen molar-refractivity contribution in [3.8, 4) is 17.2 Å². The average Bonchev–Trinajstić information content (AvgIpc) is 3.13. The molecule has 30 heavy (non-hydrogen) atoms. The van der Waals surface area contributed by atoms with Gasteiger partial charge in [-0.25, -0.2) is 4.98 Å². The van der Waals surface area contributed by atoms with Crippen LogP contribution in [0.15, 0.2) is 50.3 Å². The molecule has 1 N–H and O–H groups in total. The van der Waals surface area contributed by atoms with Crippen molar-refractivity contribution in [2.24, 2.45) is 4.99 Å². The highest BCUT2D eigenvalue weighted by Crippen LogP contribution is 2.38. The van der Waals surface area contributed by atoms with Gasteiger partial charge in [-0.1, -0.05) is 34.8 Å². The smallest absolute Gasteiger partial charge is 0.228 e. The summed E-state index contributed by atoms with van der Waals surface area (Å²) < 4.78 is 6.37. The van der Waals surface area contributed by atoms with Crippen LogP contribution >= 0.6 is 50.7 Å². The third-order valence-corrected chi connectivity index (χ3v) is 6.82. The second-order valence-corrected chi connectivity index (χ2v) is 8.71. The third-order valence-electron chi connectivity index (χ3n) is 4.73. The fraction of sp³-hybridized carbons (Fsp3) is 0.0909. The monoisotopic (exact) mass is 522 g/mol. The van der Waals surface area contributed by atoms with Gasteiger partial charge in [0.1, 0.15) is 11.3 Å². The van der Waals surface area contributed by atoms with Crippen molar-refractivity contribution in [3.05, 3.63) is 72.6 Å². The lowest BCUT2D eigenvalue weighted by atomic mass is 10.0. The lowest BCUT2D eigenvalue weighted by molar-refractivity contribution is 0.470. The molecule has 0 aliphatic heterocycles. The number of aliphatic imine (C=N–C) groups is 1. The molecule has 8 heteroatoms. The first-order valence-corrected chi connectivity index (χ1v) is 10.8. The van der Waals surface area contributed by atoms with Crippen LogP contribution in [0.25, 0.3) is 22.6 Å². The van der Waals surface area contributed by atoms with Crippen LogP contribution in [0.4, 0.5) is 5.69 Å². The Labute approximate surface area is 196 Å². The van der Waals surface area contributed by atoms with Crippen LogP contribution in [0.1, 0.15) is 16.7 Å². The Morgan fingerprint density at radius 3 is 2.57 bits per heavy atom. The van der Waals surface area contributed by atoms with Crippen molar-refractivity contribution in [1.82, 2.24) is 4.98 Å². The van der Waals surface area contributed by atoms with Gasteiger partial charge in [0.05, 0.1) is 20.7 Å². The molecule has 1 aromatic heterocycles. The van der Waals surface area contributed by atoms with E-state index in [9.17, 15) is 5.11 Å². The number of oxazole rings is 1. The predicted octanol–water partition coefficient (Wildman–Crippen LogP) is 8.29. The summed E-state index contributed by atoms with van der Waals surface area (Å²) >= 11 is 22.0. The second-order valence-electron chi connectivity index (χ2n) is 6.69. The Morgan fingerprint density at radius 2 is 1.83 bits per heavy atom. The zero-order valence-corrected chi connectivity index (χ0v) is 19.7. The number of aromatic nitrogens is 1. The molecule has 4 nitrogen and oxygen atoms in total. The molecule has 4 aromatic rings. The van der Waals surface area contributed by atoms with Gasteiger partial charge in [-0.2, -0.15) is 0 Å². The van der Waals surface area contributed by atoms with Crippen LogP contribution in [0.3, 0.4) is 0 Å². The Kier molecular flexibility index (Phi) is 5.82. The predicted molar refractivity (Wildman–Crippen MR) is 127 cm³/mol. The summed E-state index contributed by atoms with van der Waals surface area (Å²) in [6.45, 7) is 3.68. The minimum absolute atomic E-state index is 0.0975. The molecule has 0 saturated heterocycles. The number of rotatable bonds is 3. The first-order chi connectivity index (χ1) is 14.3. The topological polar surface area (TPSA) is 58.6 Å². The van der Waals surface area contributed by atoms with E-state index in [0.29, 0.717) is 53.3 Å². The fourth-order valence-electron chi connectivity index (χ4n) is 3.04. The highest BCUT2D eigenvalue weighted by Gasteiger charge is 2.16. The quantitative estimate of drug-likeness (QED) is 0.274. The number of phenolic OH excluding ortho intramolecular Hbond substituents is 1. The molecule has 0 unspecified atom stereocenters. The van der Waals surface area contributed by atoms with Crippen molar-refractivity contribution in [2.45, 2.75) is 13.8 Å². The summed E-state index contributed by atoms with van der Waals surface area (Å²) in [7, 11) is 0. The second kappa shape index (κ2) is 8.23. The summed E-state index contributed by atoms with van der Waals surface area (Å²) in [5.74, 6) is 0.496. The van der Waals surface area contributed by atoms with Crippen molar-refractivity contribution in [3.63, 3.8) is 0 Å². The van der Waals surface area contributed by atoms with E-state index in [0.717, 1.165) is 11.1 Å². The maximum absolute atomic E-state index is 10.5. The maximum Gasteiger partial charge on any atom is 0.228 e. The highest BCUT2D eigenvalue weighted by atomic mass is 79.9. The molecule has 1 heterocycles. The van der Waals surface area contributed by atoms with Gasteiger partial charge in [-0.3, -0.25) is 4.99 Å². The molecule has 152 valence electrons. The minimum atomic E-state index is 0.0975. The van der Waals surface area contributed by atoms with Crippen molar-refractivity contribution >= 4 is 73.7 Å². The summed E-state index contributed by atoms with van der Waals surface area (Å²) in [5, 5.41) is 12.0.